The number of rotatable bonds is 4. The van der Waals surface area contributed by atoms with Crippen LogP contribution in [0.4, 0.5) is 17.2 Å². The van der Waals surface area contributed by atoms with Crippen LogP contribution in [0.1, 0.15) is 15.9 Å². The van der Waals surface area contributed by atoms with Crippen molar-refractivity contribution in [3.63, 3.8) is 0 Å². The lowest BCUT2D eigenvalue weighted by Crippen LogP contribution is -2.40. The molecular weight excluding hydrogens is 394 g/mol. The molecule has 1 saturated heterocycles. The molecule has 0 unspecified atom stereocenters. The van der Waals surface area contributed by atoms with E-state index in [9.17, 15) is 9.59 Å². The molecule has 31 heavy (non-hydrogen) atoms. The van der Waals surface area contributed by atoms with Gasteiger partial charge in [0.2, 0.25) is 0 Å². The summed E-state index contributed by atoms with van der Waals surface area (Å²) in [4.78, 5) is 31.3. The lowest BCUT2D eigenvalue weighted by molar-refractivity contribution is 0.0302. The van der Waals surface area contributed by atoms with E-state index in [1.165, 1.54) is 10.8 Å². The molecule has 160 valence electrons. The number of nitrogen functional groups attached to an aromatic ring is 1. The fourth-order valence-electron chi connectivity index (χ4n) is 3.60. The second-order valence-electron chi connectivity index (χ2n) is 7.54. The lowest BCUT2D eigenvalue weighted by atomic mass is 10.0. The van der Waals surface area contributed by atoms with E-state index in [-0.39, 0.29) is 11.5 Å². The summed E-state index contributed by atoms with van der Waals surface area (Å²) in [6.45, 7) is 4.20. The Labute approximate surface area is 180 Å². The molecule has 4 rings (SSSR count). The van der Waals surface area contributed by atoms with Crippen LogP contribution in [-0.4, -0.2) is 46.7 Å². The highest BCUT2D eigenvalue weighted by Crippen LogP contribution is 2.28. The Morgan fingerprint density at radius 1 is 1.19 bits per heavy atom. The van der Waals surface area contributed by atoms with E-state index in [0.29, 0.717) is 49.1 Å². The first-order valence-corrected chi connectivity index (χ1v) is 10.1. The van der Waals surface area contributed by atoms with Crippen LogP contribution in [0.25, 0.3) is 11.1 Å². The molecule has 0 spiro atoms. The third-order valence-electron chi connectivity index (χ3n) is 5.44. The van der Waals surface area contributed by atoms with Crippen molar-refractivity contribution in [2.75, 3.05) is 37.4 Å². The van der Waals surface area contributed by atoms with Gasteiger partial charge in [-0.2, -0.15) is 0 Å². The number of aryl methyl sites for hydroxylation is 1. The number of nitrogens with zero attached hydrogens (tertiary/aromatic N) is 3. The number of anilines is 3. The Bertz CT molecular complexity index is 1160. The molecule has 8 heteroatoms. The number of hydrogen-bond acceptors (Lipinski definition) is 6. The van der Waals surface area contributed by atoms with E-state index >= 15 is 0 Å². The molecule has 0 radical (unpaired) electrons. The first-order valence-electron chi connectivity index (χ1n) is 10.1. The predicted molar refractivity (Wildman–Crippen MR) is 121 cm³/mol. The fraction of sp³-hybridized carbons (Fsp3) is 0.261. The molecule has 1 fully saturated rings. The van der Waals surface area contributed by atoms with Crippen molar-refractivity contribution in [3.05, 3.63) is 70.3 Å². The van der Waals surface area contributed by atoms with Gasteiger partial charge in [-0.25, -0.2) is 4.98 Å². The predicted octanol–water partition coefficient (Wildman–Crippen LogP) is 2.55. The summed E-state index contributed by atoms with van der Waals surface area (Å²) in [6, 6.07) is 10.9. The van der Waals surface area contributed by atoms with Crippen molar-refractivity contribution in [2.24, 2.45) is 7.05 Å². The maximum atomic E-state index is 12.7. The highest BCUT2D eigenvalue weighted by molar-refractivity contribution is 5.94. The standard InChI is InChI=1S/C23H25N5O3/c1-15-18(4-3-5-19(15)24)17-12-20(23(30)27(2)14-17)26-21-7-6-16(13-25-21)22(29)28-8-10-31-11-9-28/h3-7,12-14H,8-11,24H2,1-2H3,(H,25,26). The molecule has 2 aromatic heterocycles. The molecule has 0 atom stereocenters. The van der Waals surface area contributed by atoms with Gasteiger partial charge in [0.25, 0.3) is 11.5 Å². The number of ether oxygens (including phenoxy) is 1. The fourth-order valence-corrected chi connectivity index (χ4v) is 3.60. The normalized spacial score (nSPS) is 13.8. The number of nitrogens with two attached hydrogens (primary N) is 1. The molecule has 0 bridgehead atoms. The van der Waals surface area contributed by atoms with E-state index in [1.807, 2.05) is 25.1 Å². The molecule has 3 heterocycles. The van der Waals surface area contributed by atoms with Gasteiger partial charge in [-0.05, 0) is 42.3 Å². The molecular formula is C23H25N5O3. The monoisotopic (exact) mass is 419 g/mol. The van der Waals surface area contributed by atoms with Crippen LogP contribution in [0.2, 0.25) is 0 Å². The van der Waals surface area contributed by atoms with Gasteiger partial charge in [-0.3, -0.25) is 9.59 Å². The third-order valence-corrected chi connectivity index (χ3v) is 5.44. The Morgan fingerprint density at radius 3 is 2.68 bits per heavy atom. The Morgan fingerprint density at radius 2 is 1.97 bits per heavy atom. The number of carbonyl (C=O) groups is 1. The Balaban J connectivity index is 1.59. The second kappa shape index (κ2) is 8.61. The van der Waals surface area contributed by atoms with E-state index in [2.05, 4.69) is 10.3 Å². The van der Waals surface area contributed by atoms with Crippen molar-refractivity contribution in [1.82, 2.24) is 14.5 Å². The van der Waals surface area contributed by atoms with Gasteiger partial charge < -0.3 is 25.3 Å². The van der Waals surface area contributed by atoms with Gasteiger partial charge in [0.15, 0.2) is 0 Å². The average Bonchev–Trinajstić information content (AvgIpc) is 2.79. The van der Waals surface area contributed by atoms with Crippen molar-refractivity contribution >= 4 is 23.1 Å². The zero-order valence-corrected chi connectivity index (χ0v) is 17.6. The van der Waals surface area contributed by atoms with Gasteiger partial charge in [-0.15, -0.1) is 0 Å². The summed E-state index contributed by atoms with van der Waals surface area (Å²) in [6.07, 6.45) is 3.31. The molecule has 8 nitrogen and oxygen atoms in total. The van der Waals surface area contributed by atoms with Crippen LogP contribution >= 0.6 is 0 Å². The molecule has 0 saturated carbocycles. The Hall–Kier alpha value is -3.65. The SMILES string of the molecule is Cc1c(N)cccc1-c1cc(Nc2ccc(C(=O)N3CCOCC3)cn2)c(=O)n(C)c1. The first-order chi connectivity index (χ1) is 14.9. The topological polar surface area (TPSA) is 102 Å². The summed E-state index contributed by atoms with van der Waals surface area (Å²) in [5.74, 6) is 0.412. The van der Waals surface area contributed by atoms with Crippen LogP contribution < -0.4 is 16.6 Å². The molecule has 1 aliphatic rings. The largest absolute Gasteiger partial charge is 0.398 e. The van der Waals surface area contributed by atoms with Crippen LogP contribution in [0, 0.1) is 6.92 Å². The summed E-state index contributed by atoms with van der Waals surface area (Å²) >= 11 is 0. The number of amides is 1. The van der Waals surface area contributed by atoms with Crippen molar-refractivity contribution in [3.8, 4) is 11.1 Å². The minimum atomic E-state index is -0.180. The summed E-state index contributed by atoms with van der Waals surface area (Å²) in [7, 11) is 1.70. The van der Waals surface area contributed by atoms with Gasteiger partial charge >= 0.3 is 0 Å². The number of morpholine rings is 1. The number of aromatic nitrogens is 2. The maximum absolute atomic E-state index is 12.7. The highest BCUT2D eigenvalue weighted by Gasteiger charge is 2.19. The van der Waals surface area contributed by atoms with Crippen LogP contribution in [0.5, 0.6) is 0 Å². The van der Waals surface area contributed by atoms with Gasteiger partial charge in [0.05, 0.1) is 18.8 Å². The zero-order valence-electron chi connectivity index (χ0n) is 17.6. The van der Waals surface area contributed by atoms with E-state index in [0.717, 1.165) is 16.7 Å². The van der Waals surface area contributed by atoms with Gasteiger partial charge in [0.1, 0.15) is 11.5 Å². The molecule has 3 N–H and O–H groups in total. The molecule has 3 aromatic rings. The number of pyridine rings is 2. The Kier molecular flexibility index (Phi) is 5.73. The molecule has 1 aromatic carbocycles. The van der Waals surface area contributed by atoms with Crippen molar-refractivity contribution in [2.45, 2.75) is 6.92 Å². The zero-order chi connectivity index (χ0) is 22.0. The van der Waals surface area contributed by atoms with E-state index in [1.54, 1.807) is 36.3 Å². The lowest BCUT2D eigenvalue weighted by Gasteiger charge is -2.26. The van der Waals surface area contributed by atoms with Crippen LogP contribution in [0.3, 0.4) is 0 Å². The number of hydrogen-bond donors (Lipinski definition) is 2. The minimum absolute atomic E-state index is 0.0718. The molecule has 1 amide bonds. The van der Waals surface area contributed by atoms with Crippen LogP contribution in [-0.2, 0) is 11.8 Å². The van der Waals surface area contributed by atoms with E-state index < -0.39 is 0 Å². The third kappa shape index (κ3) is 4.29. The summed E-state index contributed by atoms with van der Waals surface area (Å²) < 4.78 is 6.81. The molecule has 1 aliphatic heterocycles. The maximum Gasteiger partial charge on any atom is 0.274 e. The highest BCUT2D eigenvalue weighted by atomic mass is 16.5. The van der Waals surface area contributed by atoms with Crippen molar-refractivity contribution in [1.29, 1.82) is 0 Å². The summed E-state index contributed by atoms with van der Waals surface area (Å²) in [5.41, 5.74) is 10.2. The minimum Gasteiger partial charge on any atom is -0.398 e. The quantitative estimate of drug-likeness (QED) is 0.630. The average molecular weight is 419 g/mol. The van der Waals surface area contributed by atoms with Crippen LogP contribution in [0.15, 0.2) is 53.6 Å². The number of benzene rings is 1. The molecule has 0 aliphatic carbocycles. The smallest absolute Gasteiger partial charge is 0.274 e. The van der Waals surface area contributed by atoms with Crippen molar-refractivity contribution < 1.29 is 9.53 Å². The second-order valence-corrected chi connectivity index (χ2v) is 7.54. The number of carbonyl (C=O) groups excluding carboxylic acids is 1. The van der Waals surface area contributed by atoms with Gasteiger partial charge in [0, 0.05) is 43.8 Å². The first kappa shape index (κ1) is 20.6. The summed E-state index contributed by atoms with van der Waals surface area (Å²) in [5, 5.41) is 3.08. The van der Waals surface area contributed by atoms with E-state index in [4.69, 9.17) is 10.5 Å². The number of nitrogens with one attached hydrogen (secondary N) is 1. The van der Waals surface area contributed by atoms with Gasteiger partial charge in [-0.1, -0.05) is 12.1 Å².